The molecule has 2 aliphatic heterocycles. The highest BCUT2D eigenvalue weighted by Gasteiger charge is 2.54. The highest BCUT2D eigenvalue weighted by Crippen LogP contribution is 2.47. The summed E-state index contributed by atoms with van der Waals surface area (Å²) in [5.41, 5.74) is 6.46. The van der Waals surface area contributed by atoms with Crippen molar-refractivity contribution in [1.82, 2.24) is 9.80 Å². The molecule has 3 N–H and O–H groups in total. The van der Waals surface area contributed by atoms with E-state index < -0.39 is 11.6 Å². The first-order chi connectivity index (χ1) is 17.8. The molecule has 1 saturated heterocycles. The standard InChI is InChI=1S/C27H30Cl2N4O4/c28-18-4-1-3-17(13-18)15-27(22-8-7-19(29)14-23(22)31-25(27)35)33(20-5-2-6-20)16-24(34)32-11-9-21(10-12-32)37-26(30)36/h1,3-4,7-8,13-14,20-21H,2,5-6,9-12,15-16H2,(H2,30,36)(H,31,35). The monoisotopic (exact) mass is 544 g/mol. The van der Waals surface area contributed by atoms with Gasteiger partial charge in [-0.15, -0.1) is 0 Å². The number of likely N-dealkylation sites (tertiary alicyclic amines) is 1. The van der Waals surface area contributed by atoms with Gasteiger partial charge in [0.2, 0.25) is 11.8 Å². The van der Waals surface area contributed by atoms with Gasteiger partial charge in [-0.1, -0.05) is 47.8 Å². The molecule has 5 rings (SSSR count). The minimum Gasteiger partial charge on any atom is -0.446 e. The number of benzene rings is 2. The van der Waals surface area contributed by atoms with Crippen molar-refractivity contribution in [3.05, 3.63) is 63.6 Å². The summed E-state index contributed by atoms with van der Waals surface area (Å²) in [6, 6.07) is 13.0. The summed E-state index contributed by atoms with van der Waals surface area (Å²) in [4.78, 5) is 42.6. The third kappa shape index (κ3) is 5.15. The van der Waals surface area contributed by atoms with Crippen molar-refractivity contribution in [3.8, 4) is 0 Å². The molecule has 2 aromatic rings. The van der Waals surface area contributed by atoms with E-state index in [9.17, 15) is 14.4 Å². The van der Waals surface area contributed by atoms with E-state index in [1.165, 1.54) is 0 Å². The van der Waals surface area contributed by atoms with E-state index in [-0.39, 0.29) is 30.5 Å². The maximum atomic E-state index is 13.9. The molecular weight excluding hydrogens is 515 g/mol. The van der Waals surface area contributed by atoms with Crippen LogP contribution in [-0.2, 0) is 26.3 Å². The number of nitrogens with two attached hydrogens (primary N) is 1. The lowest BCUT2D eigenvalue weighted by Gasteiger charge is -2.48. The number of carbonyl (C=O) groups is 3. The summed E-state index contributed by atoms with van der Waals surface area (Å²) in [5, 5.41) is 4.17. The number of rotatable bonds is 7. The smallest absolute Gasteiger partial charge is 0.404 e. The number of anilines is 1. The highest BCUT2D eigenvalue weighted by atomic mass is 35.5. The van der Waals surface area contributed by atoms with Gasteiger partial charge in [0.1, 0.15) is 11.6 Å². The van der Waals surface area contributed by atoms with E-state index in [4.69, 9.17) is 33.7 Å². The third-order valence-electron chi connectivity index (χ3n) is 7.79. The van der Waals surface area contributed by atoms with Crippen LogP contribution in [-0.4, -0.2) is 59.5 Å². The zero-order valence-electron chi connectivity index (χ0n) is 20.4. The van der Waals surface area contributed by atoms with E-state index in [1.54, 1.807) is 23.1 Å². The van der Waals surface area contributed by atoms with Crippen LogP contribution < -0.4 is 11.1 Å². The summed E-state index contributed by atoms with van der Waals surface area (Å²) in [7, 11) is 0. The minimum absolute atomic E-state index is 0.0508. The number of hydrogen-bond acceptors (Lipinski definition) is 5. The van der Waals surface area contributed by atoms with Crippen molar-refractivity contribution in [2.75, 3.05) is 25.0 Å². The van der Waals surface area contributed by atoms with Gasteiger partial charge in [0.15, 0.2) is 0 Å². The molecule has 10 heteroatoms. The summed E-state index contributed by atoms with van der Waals surface area (Å²) in [6.07, 6.45) is 3.23. The lowest BCUT2D eigenvalue weighted by molar-refractivity contribution is -0.142. The minimum atomic E-state index is -1.08. The van der Waals surface area contributed by atoms with E-state index in [0.717, 1.165) is 30.4 Å². The normalized spacial score (nSPS) is 21.9. The molecule has 37 heavy (non-hydrogen) atoms. The molecule has 0 aromatic heterocycles. The first-order valence-corrected chi connectivity index (χ1v) is 13.4. The first kappa shape index (κ1) is 25.8. The van der Waals surface area contributed by atoms with Crippen LogP contribution in [0.3, 0.4) is 0 Å². The van der Waals surface area contributed by atoms with Crippen molar-refractivity contribution in [2.24, 2.45) is 5.73 Å². The van der Waals surface area contributed by atoms with E-state index in [1.807, 2.05) is 24.3 Å². The van der Waals surface area contributed by atoms with E-state index in [0.29, 0.717) is 48.1 Å². The number of hydrogen-bond donors (Lipinski definition) is 2. The van der Waals surface area contributed by atoms with Crippen LogP contribution >= 0.6 is 23.2 Å². The quantitative estimate of drug-likeness (QED) is 0.539. The third-order valence-corrected chi connectivity index (χ3v) is 8.26. The first-order valence-electron chi connectivity index (χ1n) is 12.6. The van der Waals surface area contributed by atoms with Crippen LogP contribution in [0.5, 0.6) is 0 Å². The Bertz CT molecular complexity index is 1210. The molecular formula is C27H30Cl2N4O4. The van der Waals surface area contributed by atoms with Gasteiger partial charge >= 0.3 is 6.09 Å². The Kier molecular flexibility index (Phi) is 7.34. The number of nitrogens with zero attached hydrogens (tertiary/aromatic N) is 2. The van der Waals surface area contributed by atoms with E-state index in [2.05, 4.69) is 10.2 Å². The van der Waals surface area contributed by atoms with Gasteiger partial charge in [-0.2, -0.15) is 0 Å². The van der Waals surface area contributed by atoms with Gasteiger partial charge in [-0.3, -0.25) is 14.5 Å². The largest absolute Gasteiger partial charge is 0.446 e. The molecule has 1 aliphatic carbocycles. The number of carbonyl (C=O) groups excluding carboxylic acids is 3. The van der Waals surface area contributed by atoms with Crippen molar-refractivity contribution >= 4 is 46.8 Å². The predicted molar refractivity (Wildman–Crippen MR) is 142 cm³/mol. The van der Waals surface area contributed by atoms with Gasteiger partial charge in [0.05, 0.1) is 6.54 Å². The molecule has 196 valence electrons. The fraction of sp³-hybridized carbons (Fsp3) is 0.444. The number of nitrogens with one attached hydrogen (secondary N) is 1. The van der Waals surface area contributed by atoms with Crippen molar-refractivity contribution in [3.63, 3.8) is 0 Å². The molecule has 0 bridgehead atoms. The predicted octanol–water partition coefficient (Wildman–Crippen LogP) is 4.32. The van der Waals surface area contributed by atoms with Crippen molar-refractivity contribution in [1.29, 1.82) is 0 Å². The van der Waals surface area contributed by atoms with Gasteiger partial charge in [-0.05, 0) is 42.7 Å². The van der Waals surface area contributed by atoms with Crippen LogP contribution in [0.15, 0.2) is 42.5 Å². The average Bonchev–Trinajstić information content (AvgIpc) is 3.08. The van der Waals surface area contributed by atoms with Gasteiger partial charge in [0.25, 0.3) is 0 Å². The molecule has 8 nitrogen and oxygen atoms in total. The highest BCUT2D eigenvalue weighted by molar-refractivity contribution is 6.31. The second kappa shape index (κ2) is 10.5. The fourth-order valence-electron chi connectivity index (χ4n) is 5.74. The SMILES string of the molecule is NC(=O)OC1CCN(C(=O)CN(C2CCC2)C2(Cc3cccc(Cl)c3)C(=O)Nc3cc(Cl)ccc32)CC1. The van der Waals surface area contributed by atoms with Gasteiger partial charge < -0.3 is 20.7 Å². The number of piperidine rings is 1. The van der Waals surface area contributed by atoms with Crippen molar-refractivity contribution in [2.45, 2.75) is 56.2 Å². The van der Waals surface area contributed by atoms with E-state index >= 15 is 0 Å². The summed E-state index contributed by atoms with van der Waals surface area (Å²) in [5.74, 6) is -0.219. The topological polar surface area (TPSA) is 105 Å². The van der Waals surface area contributed by atoms with Crippen LogP contribution in [0.1, 0.15) is 43.2 Å². The van der Waals surface area contributed by atoms with Crippen molar-refractivity contribution < 1.29 is 19.1 Å². The van der Waals surface area contributed by atoms with Gasteiger partial charge in [0, 0.05) is 59.7 Å². The molecule has 3 aliphatic rings. The maximum absolute atomic E-state index is 13.9. The Morgan fingerprint density at radius 2 is 1.81 bits per heavy atom. The molecule has 0 spiro atoms. The lowest BCUT2D eigenvalue weighted by Crippen LogP contribution is -2.61. The maximum Gasteiger partial charge on any atom is 0.404 e. The number of primary amides is 1. The molecule has 1 unspecified atom stereocenters. The van der Waals surface area contributed by atoms with Gasteiger partial charge in [-0.25, -0.2) is 4.79 Å². The summed E-state index contributed by atoms with van der Waals surface area (Å²) in [6.45, 7) is 1.03. The summed E-state index contributed by atoms with van der Waals surface area (Å²) >= 11 is 12.6. The Labute approximate surface area is 226 Å². The zero-order valence-corrected chi connectivity index (χ0v) is 21.9. The van der Waals surface area contributed by atoms with Crippen LogP contribution in [0.4, 0.5) is 10.5 Å². The number of fused-ring (bicyclic) bond motifs is 1. The summed E-state index contributed by atoms with van der Waals surface area (Å²) < 4.78 is 5.12. The molecule has 2 aromatic carbocycles. The Hall–Kier alpha value is -2.81. The molecule has 3 amide bonds. The lowest BCUT2D eigenvalue weighted by atomic mass is 9.78. The molecule has 1 saturated carbocycles. The van der Waals surface area contributed by atoms with Crippen LogP contribution in [0, 0.1) is 0 Å². The second-order valence-electron chi connectivity index (χ2n) is 10.0. The fourth-order valence-corrected chi connectivity index (χ4v) is 6.13. The molecule has 0 radical (unpaired) electrons. The number of halogens is 2. The zero-order chi connectivity index (χ0) is 26.2. The average molecular weight is 545 g/mol. The Balaban J connectivity index is 1.48. The number of ether oxygens (including phenoxy) is 1. The number of amides is 3. The second-order valence-corrected chi connectivity index (χ2v) is 10.9. The molecule has 2 heterocycles. The Morgan fingerprint density at radius 3 is 2.46 bits per heavy atom. The Morgan fingerprint density at radius 1 is 1.08 bits per heavy atom. The molecule has 2 fully saturated rings. The van der Waals surface area contributed by atoms with Crippen LogP contribution in [0.25, 0.3) is 0 Å². The van der Waals surface area contributed by atoms with Crippen LogP contribution in [0.2, 0.25) is 10.0 Å². The molecule has 1 atom stereocenters.